The topological polar surface area (TPSA) is 108 Å². The Hall–Kier alpha value is -2.45. The Morgan fingerprint density at radius 1 is 1.46 bits per heavy atom. The number of rotatable bonds is 4. The summed E-state index contributed by atoms with van der Waals surface area (Å²) in [5.74, 6) is -0.555. The number of ether oxygens (including phenoxy) is 1. The highest BCUT2D eigenvalue weighted by atomic mass is 16.6. The number of amides is 1. The summed E-state index contributed by atoms with van der Waals surface area (Å²) in [6.45, 7) is 7.80. The van der Waals surface area contributed by atoms with Crippen LogP contribution in [0.5, 0.6) is 0 Å². The standard InChI is InChI=1S/C15H22N4O5/c1-14(2,3)24-13(21)15(4)5-6-17(10-15)12(20)9-18-8-11(7-16-18)19(22)23/h7-8H,5-6,9-10H2,1-4H3/t15-/m1/s1. The van der Waals surface area contributed by atoms with Crippen LogP contribution in [0.2, 0.25) is 0 Å². The molecule has 0 radical (unpaired) electrons. The fraction of sp³-hybridized carbons (Fsp3) is 0.667. The second kappa shape index (κ2) is 6.21. The van der Waals surface area contributed by atoms with Gasteiger partial charge in [0.25, 0.3) is 0 Å². The highest BCUT2D eigenvalue weighted by molar-refractivity contribution is 5.81. The molecule has 0 unspecified atom stereocenters. The van der Waals surface area contributed by atoms with Crippen LogP contribution in [0.3, 0.4) is 0 Å². The lowest BCUT2D eigenvalue weighted by Crippen LogP contribution is -2.39. The molecule has 1 aromatic heterocycles. The van der Waals surface area contributed by atoms with Gasteiger partial charge in [-0.25, -0.2) is 0 Å². The molecule has 1 aromatic rings. The van der Waals surface area contributed by atoms with E-state index in [4.69, 9.17) is 4.74 Å². The number of esters is 1. The van der Waals surface area contributed by atoms with Crippen molar-refractivity contribution < 1.29 is 19.2 Å². The van der Waals surface area contributed by atoms with Gasteiger partial charge < -0.3 is 9.64 Å². The molecule has 9 nitrogen and oxygen atoms in total. The Morgan fingerprint density at radius 2 is 2.12 bits per heavy atom. The number of carbonyl (C=O) groups excluding carboxylic acids is 2. The largest absolute Gasteiger partial charge is 0.459 e. The van der Waals surface area contributed by atoms with Gasteiger partial charge >= 0.3 is 11.7 Å². The van der Waals surface area contributed by atoms with Crippen LogP contribution in [0.1, 0.15) is 34.1 Å². The van der Waals surface area contributed by atoms with Crippen molar-refractivity contribution in [2.24, 2.45) is 5.41 Å². The van der Waals surface area contributed by atoms with Gasteiger partial charge in [0.05, 0.1) is 10.3 Å². The molecular formula is C15H22N4O5. The molecular weight excluding hydrogens is 316 g/mol. The van der Waals surface area contributed by atoms with E-state index in [1.165, 1.54) is 10.9 Å². The first-order chi connectivity index (χ1) is 11.0. The molecule has 1 saturated heterocycles. The SMILES string of the molecule is CC(C)(C)OC(=O)[C@]1(C)CCN(C(=O)Cn2cc([N+](=O)[O-])cn2)C1. The highest BCUT2D eigenvalue weighted by Crippen LogP contribution is 2.33. The fourth-order valence-corrected chi connectivity index (χ4v) is 2.51. The summed E-state index contributed by atoms with van der Waals surface area (Å²) in [6.07, 6.45) is 2.83. The van der Waals surface area contributed by atoms with Gasteiger partial charge in [0.1, 0.15) is 24.5 Å². The smallest absolute Gasteiger partial charge is 0.314 e. The van der Waals surface area contributed by atoms with Crippen LogP contribution in [-0.2, 0) is 20.9 Å². The Morgan fingerprint density at radius 3 is 2.67 bits per heavy atom. The number of aromatic nitrogens is 2. The van der Waals surface area contributed by atoms with E-state index in [2.05, 4.69) is 5.10 Å². The summed E-state index contributed by atoms with van der Waals surface area (Å²) >= 11 is 0. The van der Waals surface area contributed by atoms with E-state index in [0.29, 0.717) is 13.0 Å². The summed E-state index contributed by atoms with van der Waals surface area (Å²) in [5.41, 5.74) is -1.48. The third kappa shape index (κ3) is 4.09. The average molecular weight is 338 g/mol. The van der Waals surface area contributed by atoms with Crippen LogP contribution in [-0.4, -0.2) is 50.2 Å². The van der Waals surface area contributed by atoms with Crippen molar-refractivity contribution >= 4 is 17.6 Å². The van der Waals surface area contributed by atoms with Gasteiger partial charge in [0.2, 0.25) is 5.91 Å². The van der Waals surface area contributed by atoms with Crippen LogP contribution < -0.4 is 0 Å². The van der Waals surface area contributed by atoms with Crippen LogP contribution in [0.25, 0.3) is 0 Å². The van der Waals surface area contributed by atoms with Crippen molar-refractivity contribution in [2.45, 2.75) is 46.3 Å². The van der Waals surface area contributed by atoms with Gasteiger partial charge in [-0.15, -0.1) is 0 Å². The second-order valence-corrected chi connectivity index (χ2v) is 7.28. The number of carbonyl (C=O) groups is 2. The Balaban J connectivity index is 1.97. The molecule has 0 bridgehead atoms. The Bertz CT molecular complexity index is 663. The van der Waals surface area contributed by atoms with E-state index in [9.17, 15) is 19.7 Å². The van der Waals surface area contributed by atoms with E-state index < -0.39 is 15.9 Å². The zero-order chi connectivity index (χ0) is 18.1. The third-order valence-corrected chi connectivity index (χ3v) is 3.85. The molecule has 1 atom stereocenters. The molecule has 0 N–H and O–H groups in total. The monoisotopic (exact) mass is 338 g/mol. The third-order valence-electron chi connectivity index (χ3n) is 3.85. The zero-order valence-electron chi connectivity index (χ0n) is 14.3. The Kier molecular flexibility index (Phi) is 4.63. The molecule has 9 heteroatoms. The van der Waals surface area contributed by atoms with Gasteiger partial charge in [-0.1, -0.05) is 0 Å². The maximum absolute atomic E-state index is 12.3. The number of nitrogens with zero attached hydrogens (tertiary/aromatic N) is 4. The molecule has 24 heavy (non-hydrogen) atoms. The molecule has 2 rings (SSSR count). The van der Waals surface area contributed by atoms with Crippen LogP contribution in [0.15, 0.2) is 12.4 Å². The predicted octanol–water partition coefficient (Wildman–Crippen LogP) is 1.37. The first kappa shape index (κ1) is 17.9. The van der Waals surface area contributed by atoms with Crippen LogP contribution in [0.4, 0.5) is 5.69 Å². The van der Waals surface area contributed by atoms with Crippen molar-refractivity contribution in [3.05, 3.63) is 22.5 Å². The van der Waals surface area contributed by atoms with E-state index >= 15 is 0 Å². The number of hydrogen-bond acceptors (Lipinski definition) is 6. The van der Waals surface area contributed by atoms with Crippen molar-refractivity contribution in [1.82, 2.24) is 14.7 Å². The number of nitro groups is 1. The lowest BCUT2D eigenvalue weighted by Gasteiger charge is -2.28. The molecule has 0 aromatic carbocycles. The molecule has 0 saturated carbocycles. The number of hydrogen-bond donors (Lipinski definition) is 0. The molecule has 1 aliphatic heterocycles. The minimum absolute atomic E-state index is 0.0990. The van der Waals surface area contributed by atoms with Gasteiger partial charge in [0.15, 0.2) is 0 Å². The summed E-state index contributed by atoms with van der Waals surface area (Å²) in [7, 11) is 0. The minimum atomic E-state index is -0.737. The van der Waals surface area contributed by atoms with Crippen molar-refractivity contribution in [3.8, 4) is 0 Å². The predicted molar refractivity (Wildman–Crippen MR) is 84.0 cm³/mol. The quantitative estimate of drug-likeness (QED) is 0.466. The van der Waals surface area contributed by atoms with Crippen molar-refractivity contribution in [1.29, 1.82) is 0 Å². The van der Waals surface area contributed by atoms with E-state index in [1.54, 1.807) is 32.6 Å². The van der Waals surface area contributed by atoms with Crippen molar-refractivity contribution in [2.75, 3.05) is 13.1 Å². The summed E-state index contributed by atoms with van der Waals surface area (Å²) in [6, 6.07) is 0. The van der Waals surface area contributed by atoms with E-state index in [-0.39, 0.29) is 30.7 Å². The fourth-order valence-electron chi connectivity index (χ4n) is 2.51. The normalized spacial score (nSPS) is 20.9. The highest BCUT2D eigenvalue weighted by Gasteiger charge is 2.44. The molecule has 1 fully saturated rings. The van der Waals surface area contributed by atoms with E-state index in [1.807, 2.05) is 0 Å². The summed E-state index contributed by atoms with van der Waals surface area (Å²) in [5, 5.41) is 14.4. The molecule has 1 amide bonds. The second-order valence-electron chi connectivity index (χ2n) is 7.28. The van der Waals surface area contributed by atoms with Crippen molar-refractivity contribution in [3.63, 3.8) is 0 Å². The lowest BCUT2D eigenvalue weighted by atomic mass is 9.90. The average Bonchev–Trinajstić information content (AvgIpc) is 3.04. The summed E-state index contributed by atoms with van der Waals surface area (Å²) < 4.78 is 6.66. The van der Waals surface area contributed by atoms with Gasteiger partial charge in [-0.2, -0.15) is 5.10 Å². The molecule has 1 aliphatic rings. The first-order valence-electron chi connectivity index (χ1n) is 7.68. The maximum Gasteiger partial charge on any atom is 0.314 e. The summed E-state index contributed by atoms with van der Waals surface area (Å²) in [4.78, 5) is 36.3. The van der Waals surface area contributed by atoms with Gasteiger partial charge in [-0.3, -0.25) is 24.4 Å². The maximum atomic E-state index is 12.3. The Labute approximate surface area is 139 Å². The number of likely N-dealkylation sites (tertiary alicyclic amines) is 1. The van der Waals surface area contributed by atoms with Gasteiger partial charge in [-0.05, 0) is 34.1 Å². The molecule has 0 spiro atoms. The lowest BCUT2D eigenvalue weighted by molar-refractivity contribution is -0.385. The zero-order valence-corrected chi connectivity index (χ0v) is 14.3. The molecule has 0 aliphatic carbocycles. The van der Waals surface area contributed by atoms with Crippen LogP contribution in [0, 0.1) is 15.5 Å². The minimum Gasteiger partial charge on any atom is -0.459 e. The van der Waals surface area contributed by atoms with Gasteiger partial charge in [0, 0.05) is 13.1 Å². The first-order valence-corrected chi connectivity index (χ1v) is 7.68. The van der Waals surface area contributed by atoms with Crippen LogP contribution >= 0.6 is 0 Å². The molecule has 132 valence electrons. The van der Waals surface area contributed by atoms with E-state index in [0.717, 1.165) is 6.20 Å². The molecule has 2 heterocycles.